The van der Waals surface area contributed by atoms with Crippen molar-refractivity contribution < 1.29 is 36.6 Å². The van der Waals surface area contributed by atoms with Crippen LogP contribution < -0.4 is 0 Å². The van der Waals surface area contributed by atoms with E-state index in [0.717, 1.165) is 20.3 Å². The summed E-state index contributed by atoms with van der Waals surface area (Å²) in [4.78, 5) is 25.5. The number of carbonyl (C=O) groups is 2. The van der Waals surface area contributed by atoms with E-state index in [1.807, 2.05) is 0 Å². The zero-order valence-corrected chi connectivity index (χ0v) is 13.9. The van der Waals surface area contributed by atoms with Gasteiger partial charge < -0.3 is 14.4 Å². The smallest absolute Gasteiger partial charge is 0.354 e. The molecule has 0 N–H and O–H groups in total. The Labute approximate surface area is 145 Å². The summed E-state index contributed by atoms with van der Waals surface area (Å²) in [5, 5.41) is 0. The van der Waals surface area contributed by atoms with Gasteiger partial charge in [0.05, 0.1) is 25.8 Å². The molecule has 1 aromatic rings. The van der Waals surface area contributed by atoms with Gasteiger partial charge in [0.25, 0.3) is 0 Å². The SMILES string of the molecule is COC(=O)C1=C(C(=O)OC)N(C)C2c3c(F)c(F)c(F)c(F)c3C=CC12. The van der Waals surface area contributed by atoms with Crippen LogP contribution >= 0.6 is 0 Å². The highest BCUT2D eigenvalue weighted by molar-refractivity contribution is 6.02. The van der Waals surface area contributed by atoms with Gasteiger partial charge in [-0.05, 0) is 0 Å². The van der Waals surface area contributed by atoms with Crippen molar-refractivity contribution in [3.8, 4) is 0 Å². The summed E-state index contributed by atoms with van der Waals surface area (Å²) in [6.07, 6.45) is 2.36. The van der Waals surface area contributed by atoms with Gasteiger partial charge in [-0.25, -0.2) is 27.2 Å². The minimum Gasteiger partial charge on any atom is -0.466 e. The second-order valence-corrected chi connectivity index (χ2v) is 5.77. The number of hydrogen-bond donors (Lipinski definition) is 0. The summed E-state index contributed by atoms with van der Waals surface area (Å²) < 4.78 is 65.2. The van der Waals surface area contributed by atoms with Crippen molar-refractivity contribution in [1.82, 2.24) is 4.90 Å². The molecule has 26 heavy (non-hydrogen) atoms. The van der Waals surface area contributed by atoms with Crippen LogP contribution in [0.1, 0.15) is 17.2 Å². The minimum absolute atomic E-state index is 0.140. The lowest BCUT2D eigenvalue weighted by atomic mass is 9.81. The molecule has 5 nitrogen and oxygen atoms in total. The number of rotatable bonds is 2. The van der Waals surface area contributed by atoms with Gasteiger partial charge in [-0.15, -0.1) is 0 Å². The van der Waals surface area contributed by atoms with Crippen molar-refractivity contribution in [2.24, 2.45) is 5.92 Å². The van der Waals surface area contributed by atoms with Gasteiger partial charge in [0.15, 0.2) is 23.3 Å². The number of methoxy groups -OCH3 is 2. The highest BCUT2D eigenvalue weighted by Gasteiger charge is 2.49. The molecular formula is C17H13F4NO4. The van der Waals surface area contributed by atoms with Gasteiger partial charge in [-0.1, -0.05) is 12.2 Å². The van der Waals surface area contributed by atoms with Crippen LogP contribution in [0.15, 0.2) is 17.3 Å². The lowest BCUT2D eigenvalue weighted by Crippen LogP contribution is -2.29. The van der Waals surface area contributed by atoms with Crippen molar-refractivity contribution in [3.05, 3.63) is 51.7 Å². The summed E-state index contributed by atoms with van der Waals surface area (Å²) >= 11 is 0. The van der Waals surface area contributed by atoms with E-state index in [-0.39, 0.29) is 11.3 Å². The summed E-state index contributed by atoms with van der Waals surface area (Å²) in [5.74, 6) is -9.74. The van der Waals surface area contributed by atoms with Crippen molar-refractivity contribution in [2.45, 2.75) is 6.04 Å². The predicted molar refractivity (Wildman–Crippen MR) is 80.4 cm³/mol. The first-order valence-corrected chi connectivity index (χ1v) is 7.43. The topological polar surface area (TPSA) is 55.8 Å². The maximum atomic E-state index is 14.5. The molecule has 1 aromatic carbocycles. The number of halogens is 4. The molecule has 0 bridgehead atoms. The predicted octanol–water partition coefficient (Wildman–Crippen LogP) is 2.47. The zero-order valence-electron chi connectivity index (χ0n) is 13.9. The van der Waals surface area contributed by atoms with E-state index in [9.17, 15) is 27.2 Å². The molecule has 0 fully saturated rings. The van der Waals surface area contributed by atoms with Gasteiger partial charge in [0, 0.05) is 24.1 Å². The largest absolute Gasteiger partial charge is 0.466 e. The van der Waals surface area contributed by atoms with E-state index in [1.165, 1.54) is 18.0 Å². The summed E-state index contributed by atoms with van der Waals surface area (Å²) in [7, 11) is 3.51. The number of likely N-dealkylation sites (N-methyl/N-ethyl adjacent to an activating group) is 1. The molecule has 0 aromatic heterocycles. The monoisotopic (exact) mass is 371 g/mol. The molecule has 0 saturated carbocycles. The molecule has 2 unspecified atom stereocenters. The van der Waals surface area contributed by atoms with E-state index < -0.39 is 58.3 Å². The highest BCUT2D eigenvalue weighted by Crippen LogP contribution is 2.49. The van der Waals surface area contributed by atoms with Crippen LogP contribution in [0.3, 0.4) is 0 Å². The van der Waals surface area contributed by atoms with Gasteiger partial charge in [-0.3, -0.25) is 0 Å². The number of nitrogens with zero attached hydrogens (tertiary/aromatic N) is 1. The molecule has 3 rings (SSSR count). The first-order chi connectivity index (χ1) is 12.3. The maximum Gasteiger partial charge on any atom is 0.354 e. The number of carbonyl (C=O) groups excluding carboxylic acids is 2. The number of hydrogen-bond acceptors (Lipinski definition) is 5. The molecule has 1 heterocycles. The molecule has 9 heteroatoms. The Balaban J connectivity index is 2.27. The number of fused-ring (bicyclic) bond motifs is 3. The van der Waals surface area contributed by atoms with Gasteiger partial charge in [0.2, 0.25) is 0 Å². The van der Waals surface area contributed by atoms with Crippen LogP contribution in [0.4, 0.5) is 17.6 Å². The third-order valence-corrected chi connectivity index (χ3v) is 4.59. The van der Waals surface area contributed by atoms with Crippen LogP contribution in [0.25, 0.3) is 6.08 Å². The zero-order chi connectivity index (χ0) is 19.3. The van der Waals surface area contributed by atoms with E-state index in [2.05, 4.69) is 9.47 Å². The average Bonchev–Trinajstić information content (AvgIpc) is 2.95. The van der Waals surface area contributed by atoms with Crippen LogP contribution in [0.2, 0.25) is 0 Å². The minimum atomic E-state index is -1.96. The Morgan fingerprint density at radius 1 is 0.962 bits per heavy atom. The van der Waals surface area contributed by atoms with Gasteiger partial charge in [-0.2, -0.15) is 0 Å². The molecule has 138 valence electrons. The van der Waals surface area contributed by atoms with Crippen molar-refractivity contribution in [2.75, 3.05) is 21.3 Å². The third-order valence-electron chi connectivity index (χ3n) is 4.59. The lowest BCUT2D eigenvalue weighted by Gasteiger charge is -2.31. The Hall–Kier alpha value is -2.84. The van der Waals surface area contributed by atoms with E-state index in [1.54, 1.807) is 0 Å². The molecule has 1 aliphatic carbocycles. The lowest BCUT2D eigenvalue weighted by molar-refractivity contribution is -0.140. The van der Waals surface area contributed by atoms with Crippen LogP contribution in [0, 0.1) is 29.2 Å². The first-order valence-electron chi connectivity index (χ1n) is 7.43. The summed E-state index contributed by atoms with van der Waals surface area (Å²) in [6, 6.07) is -1.15. The second-order valence-electron chi connectivity index (χ2n) is 5.77. The van der Waals surface area contributed by atoms with E-state index in [0.29, 0.717) is 0 Å². The molecule has 0 amide bonds. The molecule has 1 aliphatic heterocycles. The quantitative estimate of drug-likeness (QED) is 0.346. The Morgan fingerprint density at radius 2 is 1.54 bits per heavy atom. The Bertz CT molecular complexity index is 893. The number of esters is 2. The van der Waals surface area contributed by atoms with Crippen molar-refractivity contribution >= 4 is 18.0 Å². The third kappa shape index (κ3) is 2.23. The van der Waals surface area contributed by atoms with E-state index in [4.69, 9.17) is 0 Å². The fourth-order valence-corrected chi connectivity index (χ4v) is 3.47. The van der Waals surface area contributed by atoms with Crippen molar-refractivity contribution in [3.63, 3.8) is 0 Å². The molecule has 0 saturated heterocycles. The first kappa shape index (κ1) is 18.0. The molecular weight excluding hydrogens is 358 g/mol. The van der Waals surface area contributed by atoms with E-state index >= 15 is 0 Å². The molecule has 0 radical (unpaired) electrons. The van der Waals surface area contributed by atoms with Gasteiger partial charge in [0.1, 0.15) is 5.70 Å². The molecule has 2 atom stereocenters. The van der Waals surface area contributed by atoms with Gasteiger partial charge >= 0.3 is 11.9 Å². The molecule has 0 spiro atoms. The number of benzene rings is 1. The maximum absolute atomic E-state index is 14.5. The standard InChI is InChI=1S/C17H13F4NO4/c1-22-14-7(9(16(23)25-2)15(22)17(24)26-3)5-4-6-8(14)11(19)13(21)12(20)10(6)18/h4-5,7,14H,1-3H3. The highest BCUT2D eigenvalue weighted by atomic mass is 19.2. The molecule has 2 aliphatic rings. The normalized spacial score (nSPS) is 20.8. The van der Waals surface area contributed by atoms with Crippen molar-refractivity contribution in [1.29, 1.82) is 0 Å². The van der Waals surface area contributed by atoms with Crippen LogP contribution in [-0.4, -0.2) is 38.1 Å². The Morgan fingerprint density at radius 3 is 2.12 bits per heavy atom. The fourth-order valence-electron chi connectivity index (χ4n) is 3.47. The van der Waals surface area contributed by atoms with Crippen LogP contribution in [0.5, 0.6) is 0 Å². The fraction of sp³-hybridized carbons (Fsp3) is 0.294. The second kappa shape index (κ2) is 6.15. The number of ether oxygens (including phenoxy) is 2. The Kier molecular flexibility index (Phi) is 4.25. The van der Waals surface area contributed by atoms with Crippen LogP contribution in [-0.2, 0) is 19.1 Å². The summed E-state index contributed by atoms with van der Waals surface area (Å²) in [6.45, 7) is 0. The summed E-state index contributed by atoms with van der Waals surface area (Å²) in [5.41, 5.74) is -1.34. The average molecular weight is 371 g/mol.